The number of nitrogens with zero attached hydrogens (tertiary/aromatic N) is 1. The summed E-state index contributed by atoms with van der Waals surface area (Å²) in [6.07, 6.45) is 2.01. The van der Waals surface area contributed by atoms with Gasteiger partial charge in [0.25, 0.3) is 0 Å². The highest BCUT2D eigenvalue weighted by Crippen LogP contribution is 2.34. The first-order valence-electron chi connectivity index (χ1n) is 10.7. The van der Waals surface area contributed by atoms with Gasteiger partial charge in [-0.15, -0.1) is 0 Å². The molecule has 2 aliphatic heterocycles. The van der Waals surface area contributed by atoms with Gasteiger partial charge in [-0.05, 0) is 55.3 Å². The van der Waals surface area contributed by atoms with Crippen molar-refractivity contribution >= 4 is 11.6 Å². The summed E-state index contributed by atoms with van der Waals surface area (Å²) in [6.45, 7) is 4.52. The number of ether oxygens (including phenoxy) is 2. The number of hydrogen-bond donors (Lipinski definition) is 2. The van der Waals surface area contributed by atoms with Gasteiger partial charge in [0.2, 0.25) is 12.7 Å². The molecule has 3 aliphatic rings. The first-order chi connectivity index (χ1) is 14.7. The predicted molar refractivity (Wildman–Crippen MR) is 110 cm³/mol. The predicted octanol–water partition coefficient (Wildman–Crippen LogP) is 1.53. The molecule has 1 saturated heterocycles. The molecule has 0 spiro atoms. The van der Waals surface area contributed by atoms with Crippen molar-refractivity contribution in [2.75, 3.05) is 44.4 Å². The van der Waals surface area contributed by atoms with E-state index in [4.69, 9.17) is 9.47 Å². The number of nitrogens with one attached hydrogen (secondary N) is 2. The standard InChI is InChI=1S/C23H26FN3O3/c24-18-4-6-19(7-5-18)26-9-11-27(12-10-26)20(14-25-23(28)16-1-2-16)17-3-8-21-22(13-17)30-15-29-21/h3-8,13,16,20H,1-2,9-12,14-15H2,(H,25,28)/p+1/t20-/m0/s1. The number of hydrogen-bond acceptors (Lipinski definition) is 4. The molecule has 2 aromatic carbocycles. The zero-order valence-corrected chi connectivity index (χ0v) is 16.9. The molecule has 0 aromatic heterocycles. The maximum Gasteiger partial charge on any atom is 0.231 e. The summed E-state index contributed by atoms with van der Waals surface area (Å²) < 4.78 is 24.3. The maximum absolute atomic E-state index is 13.2. The van der Waals surface area contributed by atoms with Crippen LogP contribution in [0.25, 0.3) is 0 Å². The summed E-state index contributed by atoms with van der Waals surface area (Å²) in [6, 6.07) is 12.9. The van der Waals surface area contributed by atoms with Crippen LogP contribution in [0, 0.1) is 11.7 Å². The van der Waals surface area contributed by atoms with Crippen LogP contribution < -0.4 is 24.6 Å². The number of piperazine rings is 1. The minimum absolute atomic E-state index is 0.151. The fraction of sp³-hybridized carbons (Fsp3) is 0.435. The van der Waals surface area contributed by atoms with E-state index in [0.717, 1.165) is 61.8 Å². The highest BCUT2D eigenvalue weighted by Gasteiger charge is 2.33. The molecule has 0 unspecified atom stereocenters. The molecule has 0 bridgehead atoms. The molecule has 6 nitrogen and oxygen atoms in total. The zero-order chi connectivity index (χ0) is 20.5. The third kappa shape index (κ3) is 4.07. The number of rotatable bonds is 6. The summed E-state index contributed by atoms with van der Waals surface area (Å²) in [7, 11) is 0. The molecular weight excluding hydrogens is 385 g/mol. The number of amides is 1. The molecular formula is C23H27FN3O3+. The van der Waals surface area contributed by atoms with Gasteiger partial charge < -0.3 is 24.6 Å². The van der Waals surface area contributed by atoms with Crippen LogP contribution in [0.4, 0.5) is 10.1 Å². The second-order valence-electron chi connectivity index (χ2n) is 8.31. The first-order valence-corrected chi connectivity index (χ1v) is 10.7. The van der Waals surface area contributed by atoms with E-state index in [2.05, 4.69) is 22.3 Å². The van der Waals surface area contributed by atoms with Crippen LogP contribution in [0.2, 0.25) is 0 Å². The molecule has 30 heavy (non-hydrogen) atoms. The van der Waals surface area contributed by atoms with E-state index in [1.807, 2.05) is 18.2 Å². The molecule has 2 N–H and O–H groups in total. The minimum atomic E-state index is -0.211. The molecule has 2 fully saturated rings. The van der Waals surface area contributed by atoms with Gasteiger partial charge in [0, 0.05) is 17.2 Å². The number of carbonyl (C=O) groups excluding carboxylic acids is 1. The van der Waals surface area contributed by atoms with Gasteiger partial charge in [-0.3, -0.25) is 4.79 Å². The van der Waals surface area contributed by atoms with Crippen LogP contribution in [0.3, 0.4) is 0 Å². The fourth-order valence-corrected chi connectivity index (χ4v) is 4.37. The second kappa shape index (κ2) is 8.14. The third-order valence-electron chi connectivity index (χ3n) is 6.32. The summed E-state index contributed by atoms with van der Waals surface area (Å²) >= 11 is 0. The fourth-order valence-electron chi connectivity index (χ4n) is 4.37. The summed E-state index contributed by atoms with van der Waals surface area (Å²) in [4.78, 5) is 16.0. The number of carbonyl (C=O) groups is 1. The molecule has 1 saturated carbocycles. The monoisotopic (exact) mass is 412 g/mol. The molecule has 0 radical (unpaired) electrons. The average molecular weight is 412 g/mol. The van der Waals surface area contributed by atoms with Crippen LogP contribution in [0.1, 0.15) is 24.4 Å². The summed E-state index contributed by atoms with van der Waals surface area (Å²) in [5, 5.41) is 3.17. The number of benzene rings is 2. The van der Waals surface area contributed by atoms with Crippen molar-refractivity contribution in [3.63, 3.8) is 0 Å². The van der Waals surface area contributed by atoms with Gasteiger partial charge in [0.1, 0.15) is 11.9 Å². The van der Waals surface area contributed by atoms with E-state index < -0.39 is 0 Å². The molecule has 1 amide bonds. The second-order valence-corrected chi connectivity index (χ2v) is 8.31. The molecule has 1 atom stereocenters. The van der Waals surface area contributed by atoms with Crippen LogP contribution in [0.5, 0.6) is 11.5 Å². The molecule has 7 heteroatoms. The Kier molecular flexibility index (Phi) is 5.21. The van der Waals surface area contributed by atoms with Gasteiger partial charge in [-0.2, -0.15) is 0 Å². The lowest BCUT2D eigenvalue weighted by Gasteiger charge is -2.38. The lowest BCUT2D eigenvalue weighted by Crippen LogP contribution is -3.15. The SMILES string of the molecule is O=C(NC[C@@H](c1ccc2c(c1)OCO2)[NH+]1CCN(c2ccc(F)cc2)CC1)C1CC1. The minimum Gasteiger partial charge on any atom is -0.454 e. The van der Waals surface area contributed by atoms with Gasteiger partial charge in [-0.25, -0.2) is 4.39 Å². The molecule has 2 aromatic rings. The molecule has 158 valence electrons. The lowest BCUT2D eigenvalue weighted by molar-refractivity contribution is -0.931. The van der Waals surface area contributed by atoms with Gasteiger partial charge in [-0.1, -0.05) is 0 Å². The smallest absolute Gasteiger partial charge is 0.231 e. The Morgan fingerprint density at radius 2 is 1.83 bits per heavy atom. The number of anilines is 1. The quantitative estimate of drug-likeness (QED) is 0.756. The van der Waals surface area contributed by atoms with Crippen LogP contribution in [0.15, 0.2) is 42.5 Å². The number of fused-ring (bicyclic) bond motifs is 1. The summed E-state index contributed by atoms with van der Waals surface area (Å²) in [5.74, 6) is 1.71. The van der Waals surface area contributed by atoms with Crippen molar-refractivity contribution in [2.45, 2.75) is 18.9 Å². The van der Waals surface area contributed by atoms with Crippen LogP contribution in [-0.2, 0) is 4.79 Å². The Bertz CT molecular complexity index is 908. The summed E-state index contributed by atoms with van der Waals surface area (Å²) in [5.41, 5.74) is 2.21. The van der Waals surface area contributed by atoms with Crippen molar-refractivity contribution < 1.29 is 23.6 Å². The van der Waals surface area contributed by atoms with Crippen molar-refractivity contribution in [1.29, 1.82) is 0 Å². The van der Waals surface area contributed by atoms with E-state index in [9.17, 15) is 9.18 Å². The van der Waals surface area contributed by atoms with E-state index in [-0.39, 0.29) is 30.5 Å². The zero-order valence-electron chi connectivity index (χ0n) is 16.9. The number of halogens is 1. The molecule has 1 aliphatic carbocycles. The van der Waals surface area contributed by atoms with Gasteiger partial charge in [0.05, 0.1) is 32.7 Å². The highest BCUT2D eigenvalue weighted by molar-refractivity contribution is 5.80. The molecule has 5 rings (SSSR count). The molecule has 2 heterocycles. The van der Waals surface area contributed by atoms with Gasteiger partial charge >= 0.3 is 0 Å². The lowest BCUT2D eigenvalue weighted by atomic mass is 10.0. The topological polar surface area (TPSA) is 55.2 Å². The Labute approximate surface area is 175 Å². The third-order valence-corrected chi connectivity index (χ3v) is 6.32. The van der Waals surface area contributed by atoms with Crippen molar-refractivity contribution in [2.24, 2.45) is 5.92 Å². The normalized spacial score (nSPS) is 19.6. The van der Waals surface area contributed by atoms with E-state index in [1.165, 1.54) is 17.0 Å². The van der Waals surface area contributed by atoms with Crippen molar-refractivity contribution in [3.05, 3.63) is 53.8 Å². The van der Waals surface area contributed by atoms with E-state index in [1.54, 1.807) is 0 Å². The Hall–Kier alpha value is -2.80. The van der Waals surface area contributed by atoms with E-state index >= 15 is 0 Å². The Balaban J connectivity index is 1.30. The van der Waals surface area contributed by atoms with Crippen molar-refractivity contribution in [3.8, 4) is 11.5 Å². The van der Waals surface area contributed by atoms with Crippen LogP contribution in [-0.4, -0.2) is 45.4 Å². The Morgan fingerprint density at radius 1 is 1.10 bits per heavy atom. The van der Waals surface area contributed by atoms with Crippen molar-refractivity contribution in [1.82, 2.24) is 5.32 Å². The van der Waals surface area contributed by atoms with Gasteiger partial charge in [0.15, 0.2) is 11.5 Å². The maximum atomic E-state index is 13.2. The first kappa shape index (κ1) is 19.2. The number of quaternary nitrogens is 1. The average Bonchev–Trinajstić information content (AvgIpc) is 3.52. The van der Waals surface area contributed by atoms with E-state index in [0.29, 0.717) is 6.54 Å². The largest absolute Gasteiger partial charge is 0.454 e. The highest BCUT2D eigenvalue weighted by atomic mass is 19.1. The van der Waals surface area contributed by atoms with Crippen LogP contribution >= 0.6 is 0 Å². The Morgan fingerprint density at radius 3 is 2.57 bits per heavy atom.